The fraction of sp³-hybridized carbons (Fsp3) is 0.417. The van der Waals surface area contributed by atoms with E-state index in [0.717, 1.165) is 0 Å². The van der Waals surface area contributed by atoms with E-state index in [1.165, 1.54) is 66.9 Å². The minimum atomic E-state index is -1.22. The summed E-state index contributed by atoms with van der Waals surface area (Å²) in [4.78, 5) is 45.3. The number of benzene rings is 2. The van der Waals surface area contributed by atoms with E-state index in [9.17, 15) is 9.59 Å². The van der Waals surface area contributed by atoms with E-state index in [2.05, 4.69) is 0 Å². The standard InChI is InChI=1S/C24H30O12/c1-8-9-18(33-35-23(25)14-10-12-16(27-2)21(31-6)19(14)29-4)34-36-24(26)15-11-13-17(28-3)22(32-7)20(15)30-5/h10-13,18H,8-9H2,1-7H3. The van der Waals surface area contributed by atoms with Crippen LogP contribution in [0.1, 0.15) is 40.5 Å². The Labute approximate surface area is 208 Å². The lowest BCUT2D eigenvalue weighted by Gasteiger charge is -2.17. The molecule has 2 aromatic rings. The van der Waals surface area contributed by atoms with Gasteiger partial charge in [-0.2, -0.15) is 0 Å². The lowest BCUT2D eigenvalue weighted by atomic mass is 10.1. The van der Waals surface area contributed by atoms with Crippen molar-refractivity contribution in [3.05, 3.63) is 35.4 Å². The fourth-order valence-corrected chi connectivity index (χ4v) is 3.16. The van der Waals surface area contributed by atoms with Gasteiger partial charge in [0, 0.05) is 6.42 Å². The van der Waals surface area contributed by atoms with Crippen molar-refractivity contribution >= 4 is 11.9 Å². The molecule has 36 heavy (non-hydrogen) atoms. The summed E-state index contributed by atoms with van der Waals surface area (Å²) in [5.74, 6) is -0.498. The number of hydrogen-bond donors (Lipinski definition) is 0. The van der Waals surface area contributed by atoms with Gasteiger partial charge in [0.2, 0.25) is 17.8 Å². The molecular formula is C24H30O12. The van der Waals surface area contributed by atoms with Crippen LogP contribution < -0.4 is 28.4 Å². The van der Waals surface area contributed by atoms with Gasteiger partial charge in [0.25, 0.3) is 0 Å². The Morgan fingerprint density at radius 3 is 1.31 bits per heavy atom. The lowest BCUT2D eigenvalue weighted by Crippen LogP contribution is -2.22. The molecule has 12 nitrogen and oxygen atoms in total. The highest BCUT2D eigenvalue weighted by Crippen LogP contribution is 2.41. The molecule has 0 aliphatic carbocycles. The Morgan fingerprint density at radius 1 is 0.611 bits per heavy atom. The van der Waals surface area contributed by atoms with Gasteiger partial charge in [-0.05, 0) is 24.3 Å². The van der Waals surface area contributed by atoms with E-state index in [-0.39, 0.29) is 40.5 Å². The number of ether oxygens (including phenoxy) is 6. The number of rotatable bonds is 14. The Hall–Kier alpha value is -3.90. The third-order valence-corrected chi connectivity index (χ3v) is 4.83. The lowest BCUT2D eigenvalue weighted by molar-refractivity contribution is -0.421. The molecule has 0 fully saturated rings. The second-order valence-corrected chi connectivity index (χ2v) is 6.92. The highest BCUT2D eigenvalue weighted by atomic mass is 17.3. The molecule has 0 aliphatic rings. The first-order valence-corrected chi connectivity index (χ1v) is 10.7. The smallest absolute Gasteiger partial charge is 0.377 e. The van der Waals surface area contributed by atoms with E-state index >= 15 is 0 Å². The second-order valence-electron chi connectivity index (χ2n) is 6.92. The molecule has 0 radical (unpaired) electrons. The SMILES string of the molecule is CCCC(OOC(=O)c1ccc(OC)c(OC)c1OC)OOC(=O)c1ccc(OC)c(OC)c1OC. The molecule has 198 valence electrons. The molecular weight excluding hydrogens is 480 g/mol. The zero-order valence-corrected chi connectivity index (χ0v) is 21.2. The average molecular weight is 510 g/mol. The number of carbonyl (C=O) groups excluding carboxylic acids is 2. The van der Waals surface area contributed by atoms with Gasteiger partial charge in [-0.25, -0.2) is 9.59 Å². The summed E-state index contributed by atoms with van der Waals surface area (Å²) in [5.41, 5.74) is 0.0231. The topological polar surface area (TPSA) is 126 Å². The maximum Gasteiger partial charge on any atom is 0.377 e. The molecule has 12 heteroatoms. The van der Waals surface area contributed by atoms with E-state index in [0.29, 0.717) is 17.9 Å². The van der Waals surface area contributed by atoms with Crippen molar-refractivity contribution < 1.29 is 57.6 Å². The van der Waals surface area contributed by atoms with Crippen molar-refractivity contribution in [3.8, 4) is 34.5 Å². The molecule has 2 aromatic carbocycles. The number of hydrogen-bond acceptors (Lipinski definition) is 12. The van der Waals surface area contributed by atoms with Crippen molar-refractivity contribution in [2.75, 3.05) is 42.7 Å². The van der Waals surface area contributed by atoms with Crippen LogP contribution in [0.25, 0.3) is 0 Å². The van der Waals surface area contributed by atoms with Gasteiger partial charge in [-0.1, -0.05) is 13.3 Å². The van der Waals surface area contributed by atoms with Crippen LogP contribution in [0.4, 0.5) is 0 Å². The van der Waals surface area contributed by atoms with E-state index in [1.807, 2.05) is 6.92 Å². The summed E-state index contributed by atoms with van der Waals surface area (Å²) in [6.45, 7) is 1.83. The van der Waals surface area contributed by atoms with Crippen LogP contribution in [0.5, 0.6) is 34.5 Å². The third-order valence-electron chi connectivity index (χ3n) is 4.83. The Kier molecular flexibility index (Phi) is 10.9. The average Bonchev–Trinajstić information content (AvgIpc) is 2.91. The van der Waals surface area contributed by atoms with Gasteiger partial charge in [0.15, 0.2) is 23.0 Å². The van der Waals surface area contributed by atoms with Crippen molar-refractivity contribution in [1.82, 2.24) is 0 Å². The molecule has 0 atom stereocenters. The summed E-state index contributed by atoms with van der Waals surface area (Å²) >= 11 is 0. The van der Waals surface area contributed by atoms with Gasteiger partial charge < -0.3 is 28.4 Å². The predicted molar refractivity (Wildman–Crippen MR) is 124 cm³/mol. The quantitative estimate of drug-likeness (QED) is 0.209. The Balaban J connectivity index is 2.12. The molecule has 0 saturated carbocycles. The van der Waals surface area contributed by atoms with E-state index in [4.69, 9.17) is 48.0 Å². The molecule has 0 saturated heterocycles. The largest absolute Gasteiger partial charge is 0.493 e. The van der Waals surface area contributed by atoms with Gasteiger partial charge in [0.05, 0.1) is 42.7 Å². The van der Waals surface area contributed by atoms with Gasteiger partial charge >= 0.3 is 11.9 Å². The van der Waals surface area contributed by atoms with Crippen LogP contribution in [-0.2, 0) is 19.6 Å². The summed E-state index contributed by atoms with van der Waals surface area (Å²) in [6.07, 6.45) is -0.439. The Morgan fingerprint density at radius 2 is 1.00 bits per heavy atom. The second kappa shape index (κ2) is 13.9. The van der Waals surface area contributed by atoms with Crippen molar-refractivity contribution in [3.63, 3.8) is 0 Å². The normalized spacial score (nSPS) is 10.4. The van der Waals surface area contributed by atoms with Crippen molar-refractivity contribution in [1.29, 1.82) is 0 Å². The molecule has 0 unspecified atom stereocenters. The zero-order chi connectivity index (χ0) is 26.7. The molecule has 0 N–H and O–H groups in total. The van der Waals surface area contributed by atoms with Crippen LogP contribution in [-0.4, -0.2) is 60.9 Å². The van der Waals surface area contributed by atoms with E-state index < -0.39 is 18.2 Å². The van der Waals surface area contributed by atoms with Crippen molar-refractivity contribution in [2.45, 2.75) is 26.1 Å². The highest BCUT2D eigenvalue weighted by Gasteiger charge is 2.26. The van der Waals surface area contributed by atoms with Crippen molar-refractivity contribution in [2.24, 2.45) is 0 Å². The molecule has 0 aliphatic heterocycles. The first kappa shape index (κ1) is 28.3. The van der Waals surface area contributed by atoms with Gasteiger partial charge in [-0.15, -0.1) is 9.78 Å². The number of methoxy groups -OCH3 is 6. The van der Waals surface area contributed by atoms with E-state index in [1.54, 1.807) is 0 Å². The van der Waals surface area contributed by atoms with Gasteiger partial charge in [-0.3, -0.25) is 9.78 Å². The minimum absolute atomic E-state index is 0.0115. The summed E-state index contributed by atoms with van der Waals surface area (Å²) in [5, 5.41) is 0. The molecule has 0 bridgehead atoms. The van der Waals surface area contributed by atoms with Crippen LogP contribution in [0.3, 0.4) is 0 Å². The third kappa shape index (κ3) is 6.40. The molecule has 0 aromatic heterocycles. The predicted octanol–water partition coefficient (Wildman–Crippen LogP) is 3.74. The molecule has 2 rings (SSSR count). The highest BCUT2D eigenvalue weighted by molar-refractivity contribution is 5.94. The Bertz CT molecular complexity index is 957. The maximum atomic E-state index is 12.6. The molecule has 0 spiro atoms. The summed E-state index contributed by atoms with van der Waals surface area (Å²) < 4.78 is 31.5. The monoisotopic (exact) mass is 510 g/mol. The first-order valence-electron chi connectivity index (χ1n) is 10.7. The first-order chi connectivity index (χ1) is 17.4. The van der Waals surface area contributed by atoms with Crippen LogP contribution in [0, 0.1) is 0 Å². The molecule has 0 amide bonds. The molecule has 0 heterocycles. The fourth-order valence-electron chi connectivity index (χ4n) is 3.16. The van der Waals surface area contributed by atoms with Crippen LogP contribution >= 0.6 is 0 Å². The maximum absolute atomic E-state index is 12.6. The minimum Gasteiger partial charge on any atom is -0.493 e. The van der Waals surface area contributed by atoms with Crippen LogP contribution in [0.15, 0.2) is 24.3 Å². The van der Waals surface area contributed by atoms with Crippen LogP contribution in [0.2, 0.25) is 0 Å². The van der Waals surface area contributed by atoms with Gasteiger partial charge in [0.1, 0.15) is 11.1 Å². The summed E-state index contributed by atoms with van der Waals surface area (Å²) in [6, 6.07) is 5.86. The zero-order valence-electron chi connectivity index (χ0n) is 21.2. The summed E-state index contributed by atoms with van der Waals surface area (Å²) in [7, 11) is 8.42. The number of carbonyl (C=O) groups is 2.